The number of hydrogen-bond acceptors (Lipinski definition) is 3. The molecule has 0 saturated carbocycles. The second-order valence-corrected chi connectivity index (χ2v) is 9.33. The van der Waals surface area contributed by atoms with E-state index in [9.17, 15) is 8.42 Å². The first-order valence-electron chi connectivity index (χ1n) is 10.1. The lowest BCUT2D eigenvalue weighted by Gasteiger charge is -2.32. The van der Waals surface area contributed by atoms with Crippen molar-refractivity contribution in [2.45, 2.75) is 11.8 Å². The standard InChI is InChI=1S/C26H21NO3S/c1-19-13-15-23(16-14-19)31(28,29)27-22(18-30-26-12-5-4-11-25(26)27)17-21-9-6-8-20-7-2-3-10-24(20)21/h2-17H,18H2,1H3/b22-17+. The minimum atomic E-state index is -3.83. The molecule has 0 saturated heterocycles. The van der Waals surface area contributed by atoms with Gasteiger partial charge in [-0.15, -0.1) is 0 Å². The molecule has 5 heteroatoms. The summed E-state index contributed by atoms with van der Waals surface area (Å²) in [6, 6.07) is 28.2. The highest BCUT2D eigenvalue weighted by molar-refractivity contribution is 7.93. The Morgan fingerprint density at radius 1 is 0.839 bits per heavy atom. The third-order valence-electron chi connectivity index (χ3n) is 5.43. The highest BCUT2D eigenvalue weighted by Crippen LogP contribution is 2.40. The molecule has 154 valence electrons. The molecule has 0 aliphatic carbocycles. The predicted molar refractivity (Wildman–Crippen MR) is 125 cm³/mol. The van der Waals surface area contributed by atoms with Crippen molar-refractivity contribution in [3.05, 3.63) is 108 Å². The van der Waals surface area contributed by atoms with Gasteiger partial charge in [0.2, 0.25) is 0 Å². The number of aryl methyl sites for hydroxylation is 1. The molecule has 4 nitrogen and oxygen atoms in total. The number of anilines is 1. The van der Waals surface area contributed by atoms with E-state index >= 15 is 0 Å². The molecule has 0 bridgehead atoms. The van der Waals surface area contributed by atoms with Gasteiger partial charge in [-0.1, -0.05) is 72.3 Å². The van der Waals surface area contributed by atoms with Gasteiger partial charge < -0.3 is 4.74 Å². The molecule has 4 aromatic rings. The van der Waals surface area contributed by atoms with Crippen molar-refractivity contribution in [2.75, 3.05) is 10.9 Å². The molecular weight excluding hydrogens is 406 g/mol. The van der Waals surface area contributed by atoms with Crippen LogP contribution >= 0.6 is 0 Å². The van der Waals surface area contributed by atoms with Gasteiger partial charge in [0.05, 0.1) is 16.3 Å². The minimum absolute atomic E-state index is 0.158. The summed E-state index contributed by atoms with van der Waals surface area (Å²) in [4.78, 5) is 0.249. The van der Waals surface area contributed by atoms with Gasteiger partial charge in [-0.2, -0.15) is 0 Å². The summed E-state index contributed by atoms with van der Waals surface area (Å²) in [7, 11) is -3.83. The van der Waals surface area contributed by atoms with E-state index in [2.05, 4.69) is 0 Å². The fraction of sp³-hybridized carbons (Fsp3) is 0.0769. The lowest BCUT2D eigenvalue weighted by Crippen LogP contribution is -2.36. The van der Waals surface area contributed by atoms with Gasteiger partial charge in [-0.25, -0.2) is 12.7 Å². The molecule has 0 aromatic heterocycles. The zero-order chi connectivity index (χ0) is 21.4. The summed E-state index contributed by atoms with van der Waals surface area (Å²) in [5, 5.41) is 2.16. The molecule has 0 amide bonds. The summed E-state index contributed by atoms with van der Waals surface area (Å²) >= 11 is 0. The van der Waals surface area contributed by atoms with E-state index < -0.39 is 10.0 Å². The summed E-state index contributed by atoms with van der Waals surface area (Å²) in [5.41, 5.74) is 3.03. The molecule has 0 fully saturated rings. The van der Waals surface area contributed by atoms with Crippen molar-refractivity contribution in [1.82, 2.24) is 0 Å². The van der Waals surface area contributed by atoms with Crippen LogP contribution in [0, 0.1) is 6.92 Å². The predicted octanol–water partition coefficient (Wildman–Crippen LogP) is 5.78. The number of fused-ring (bicyclic) bond motifs is 2. The molecule has 4 aromatic carbocycles. The maximum atomic E-state index is 13.8. The Morgan fingerprint density at radius 2 is 1.55 bits per heavy atom. The number of benzene rings is 4. The van der Waals surface area contributed by atoms with Crippen molar-refractivity contribution >= 4 is 32.6 Å². The lowest BCUT2D eigenvalue weighted by molar-refractivity contribution is 0.342. The maximum Gasteiger partial charge on any atom is 0.268 e. The average Bonchev–Trinajstić information content (AvgIpc) is 2.79. The fourth-order valence-electron chi connectivity index (χ4n) is 3.87. The Bertz CT molecular complexity index is 1400. The van der Waals surface area contributed by atoms with E-state index in [4.69, 9.17) is 4.74 Å². The number of nitrogens with zero attached hydrogens (tertiary/aromatic N) is 1. The fourth-order valence-corrected chi connectivity index (χ4v) is 5.38. The molecule has 0 atom stereocenters. The molecule has 1 heterocycles. The van der Waals surface area contributed by atoms with E-state index in [0.29, 0.717) is 17.1 Å². The van der Waals surface area contributed by atoms with Gasteiger partial charge in [0, 0.05) is 0 Å². The number of rotatable bonds is 3. The normalized spacial score (nSPS) is 15.0. The Balaban J connectivity index is 1.71. The maximum absolute atomic E-state index is 13.8. The molecule has 31 heavy (non-hydrogen) atoms. The highest BCUT2D eigenvalue weighted by Gasteiger charge is 2.33. The van der Waals surface area contributed by atoms with Crippen LogP contribution in [-0.4, -0.2) is 15.0 Å². The van der Waals surface area contributed by atoms with Crippen LogP contribution in [0.4, 0.5) is 5.69 Å². The van der Waals surface area contributed by atoms with Gasteiger partial charge in [-0.05, 0) is 53.6 Å². The number of sulfonamides is 1. The van der Waals surface area contributed by atoms with Crippen LogP contribution in [-0.2, 0) is 10.0 Å². The molecule has 0 unspecified atom stereocenters. The lowest BCUT2D eigenvalue weighted by atomic mass is 10.0. The first-order valence-corrected chi connectivity index (χ1v) is 11.5. The first-order chi connectivity index (χ1) is 15.0. The van der Waals surface area contributed by atoms with Crippen molar-refractivity contribution in [3.63, 3.8) is 0 Å². The molecule has 1 aliphatic rings. The molecule has 1 aliphatic heterocycles. The number of ether oxygens (including phenoxy) is 1. The Labute approximate surface area is 182 Å². The van der Waals surface area contributed by atoms with Crippen LogP contribution in [0.15, 0.2) is 102 Å². The second kappa shape index (κ2) is 7.60. The minimum Gasteiger partial charge on any atom is -0.485 e. The van der Waals surface area contributed by atoms with E-state index in [-0.39, 0.29) is 11.5 Å². The molecular formula is C26H21NO3S. The highest BCUT2D eigenvalue weighted by atomic mass is 32.2. The summed E-state index contributed by atoms with van der Waals surface area (Å²) in [5.74, 6) is 0.549. The zero-order valence-corrected chi connectivity index (χ0v) is 17.8. The third kappa shape index (κ3) is 3.47. The van der Waals surface area contributed by atoms with Gasteiger partial charge in [0.15, 0.2) is 0 Å². The van der Waals surface area contributed by atoms with Crippen LogP contribution in [0.2, 0.25) is 0 Å². The largest absolute Gasteiger partial charge is 0.485 e. The van der Waals surface area contributed by atoms with Crippen LogP contribution in [0.5, 0.6) is 5.75 Å². The van der Waals surface area contributed by atoms with Crippen molar-refractivity contribution in [1.29, 1.82) is 0 Å². The quantitative estimate of drug-likeness (QED) is 0.417. The van der Waals surface area contributed by atoms with Crippen molar-refractivity contribution in [3.8, 4) is 5.75 Å². The van der Waals surface area contributed by atoms with Crippen LogP contribution in [0.1, 0.15) is 11.1 Å². The Morgan fingerprint density at radius 3 is 2.39 bits per heavy atom. The summed E-state index contributed by atoms with van der Waals surface area (Å²) < 4.78 is 34.9. The molecule has 5 rings (SSSR count). The first kappa shape index (κ1) is 19.4. The summed E-state index contributed by atoms with van der Waals surface area (Å²) in [6.07, 6.45) is 1.91. The monoisotopic (exact) mass is 427 g/mol. The van der Waals surface area contributed by atoms with Gasteiger partial charge in [-0.3, -0.25) is 0 Å². The van der Waals surface area contributed by atoms with E-state index in [1.54, 1.807) is 24.3 Å². The van der Waals surface area contributed by atoms with Crippen LogP contribution in [0.3, 0.4) is 0 Å². The van der Waals surface area contributed by atoms with Crippen molar-refractivity contribution in [2.24, 2.45) is 0 Å². The van der Waals surface area contributed by atoms with Gasteiger partial charge in [0.25, 0.3) is 10.0 Å². The Hall–Kier alpha value is -3.57. The van der Waals surface area contributed by atoms with Crippen LogP contribution in [0.25, 0.3) is 16.8 Å². The van der Waals surface area contributed by atoms with Crippen molar-refractivity contribution < 1.29 is 13.2 Å². The SMILES string of the molecule is Cc1ccc(S(=O)(=O)N2/C(=C/c3cccc4ccccc34)COc3ccccc32)cc1. The van der Waals surface area contributed by atoms with Gasteiger partial charge >= 0.3 is 0 Å². The molecule has 0 N–H and O–H groups in total. The number of hydrogen-bond donors (Lipinski definition) is 0. The van der Waals surface area contributed by atoms with Gasteiger partial charge in [0.1, 0.15) is 12.4 Å². The smallest absolute Gasteiger partial charge is 0.268 e. The third-order valence-corrected chi connectivity index (χ3v) is 7.20. The summed E-state index contributed by atoms with van der Waals surface area (Å²) in [6.45, 7) is 2.09. The topological polar surface area (TPSA) is 46.6 Å². The number of para-hydroxylation sites is 2. The van der Waals surface area contributed by atoms with E-state index in [0.717, 1.165) is 21.9 Å². The second-order valence-electron chi connectivity index (χ2n) is 7.54. The van der Waals surface area contributed by atoms with E-state index in [1.807, 2.05) is 79.7 Å². The van der Waals surface area contributed by atoms with Crippen LogP contribution < -0.4 is 9.04 Å². The van der Waals surface area contributed by atoms with E-state index in [1.165, 1.54) is 4.31 Å². The Kier molecular flexibility index (Phi) is 4.75. The molecule has 0 radical (unpaired) electrons. The zero-order valence-electron chi connectivity index (χ0n) is 17.0. The average molecular weight is 428 g/mol. The molecule has 0 spiro atoms.